The first-order valence-corrected chi connectivity index (χ1v) is 6.20. The van der Waals surface area contributed by atoms with E-state index in [-0.39, 0.29) is 18.1 Å². The van der Waals surface area contributed by atoms with Crippen LogP contribution in [0.2, 0.25) is 0 Å². The SMILES string of the molecule is CCNC(=O)C(C)Nc1cccnc1OC(C)C. The maximum atomic E-state index is 11.6. The standard InChI is InChI=1S/C13H21N3O2/c1-5-14-12(17)10(4)16-11-7-6-8-15-13(11)18-9(2)3/h6-10,16H,5H2,1-4H3,(H,14,17). The fourth-order valence-electron chi connectivity index (χ4n) is 1.44. The number of hydrogen-bond acceptors (Lipinski definition) is 4. The number of anilines is 1. The lowest BCUT2D eigenvalue weighted by Crippen LogP contribution is -2.37. The molecule has 2 N–H and O–H groups in total. The molecule has 1 atom stereocenters. The molecule has 0 radical (unpaired) electrons. The van der Waals surface area contributed by atoms with Gasteiger partial charge in [0, 0.05) is 12.7 Å². The van der Waals surface area contributed by atoms with Crippen LogP contribution in [0.25, 0.3) is 0 Å². The van der Waals surface area contributed by atoms with Gasteiger partial charge in [-0.05, 0) is 39.8 Å². The van der Waals surface area contributed by atoms with Crippen LogP contribution in [0, 0.1) is 0 Å². The Labute approximate surface area is 108 Å². The number of nitrogens with zero attached hydrogens (tertiary/aromatic N) is 1. The Morgan fingerprint density at radius 1 is 1.44 bits per heavy atom. The number of rotatable bonds is 6. The highest BCUT2D eigenvalue weighted by Crippen LogP contribution is 2.22. The van der Waals surface area contributed by atoms with Gasteiger partial charge in [0.25, 0.3) is 0 Å². The summed E-state index contributed by atoms with van der Waals surface area (Å²) in [6, 6.07) is 3.32. The molecule has 0 bridgehead atoms. The van der Waals surface area contributed by atoms with Crippen LogP contribution >= 0.6 is 0 Å². The zero-order valence-electron chi connectivity index (χ0n) is 11.4. The van der Waals surface area contributed by atoms with E-state index in [9.17, 15) is 4.79 Å². The van der Waals surface area contributed by atoms with Gasteiger partial charge in [0.15, 0.2) is 0 Å². The molecular formula is C13H21N3O2. The van der Waals surface area contributed by atoms with E-state index in [4.69, 9.17) is 4.74 Å². The Bertz CT molecular complexity index is 394. The fraction of sp³-hybridized carbons (Fsp3) is 0.538. The quantitative estimate of drug-likeness (QED) is 0.809. The van der Waals surface area contributed by atoms with Crippen molar-refractivity contribution < 1.29 is 9.53 Å². The molecule has 1 heterocycles. The largest absolute Gasteiger partial charge is 0.473 e. The van der Waals surface area contributed by atoms with Crippen molar-refractivity contribution in [1.82, 2.24) is 10.3 Å². The van der Waals surface area contributed by atoms with Gasteiger partial charge in [0.1, 0.15) is 6.04 Å². The van der Waals surface area contributed by atoms with Crippen molar-refractivity contribution in [2.75, 3.05) is 11.9 Å². The van der Waals surface area contributed by atoms with Crippen LogP contribution in [0.4, 0.5) is 5.69 Å². The summed E-state index contributed by atoms with van der Waals surface area (Å²) < 4.78 is 5.58. The average molecular weight is 251 g/mol. The minimum absolute atomic E-state index is 0.0419. The van der Waals surface area contributed by atoms with Gasteiger partial charge in [-0.15, -0.1) is 0 Å². The van der Waals surface area contributed by atoms with Crippen molar-refractivity contribution in [3.8, 4) is 5.88 Å². The van der Waals surface area contributed by atoms with Gasteiger partial charge in [-0.3, -0.25) is 4.79 Å². The molecule has 100 valence electrons. The number of carbonyl (C=O) groups excluding carboxylic acids is 1. The molecule has 0 aromatic carbocycles. The second kappa shape index (κ2) is 6.83. The Morgan fingerprint density at radius 2 is 2.17 bits per heavy atom. The van der Waals surface area contributed by atoms with Gasteiger partial charge in [0.05, 0.1) is 11.8 Å². The van der Waals surface area contributed by atoms with Crippen molar-refractivity contribution in [2.45, 2.75) is 39.8 Å². The van der Waals surface area contributed by atoms with Crippen LogP contribution in [-0.2, 0) is 4.79 Å². The first-order valence-electron chi connectivity index (χ1n) is 6.20. The smallest absolute Gasteiger partial charge is 0.242 e. The predicted octanol–water partition coefficient (Wildman–Crippen LogP) is 1.81. The molecule has 1 rings (SSSR count). The molecule has 0 aliphatic heterocycles. The predicted molar refractivity (Wildman–Crippen MR) is 71.8 cm³/mol. The van der Waals surface area contributed by atoms with Crippen LogP contribution in [-0.4, -0.2) is 29.6 Å². The molecule has 5 nitrogen and oxygen atoms in total. The van der Waals surface area contributed by atoms with Crippen LogP contribution in [0.15, 0.2) is 18.3 Å². The maximum absolute atomic E-state index is 11.6. The van der Waals surface area contributed by atoms with E-state index < -0.39 is 0 Å². The van der Waals surface area contributed by atoms with E-state index in [1.165, 1.54) is 0 Å². The summed E-state index contributed by atoms with van der Waals surface area (Å²) in [7, 11) is 0. The van der Waals surface area contributed by atoms with E-state index in [2.05, 4.69) is 15.6 Å². The van der Waals surface area contributed by atoms with Crippen LogP contribution < -0.4 is 15.4 Å². The molecule has 1 aromatic heterocycles. The molecule has 1 unspecified atom stereocenters. The number of ether oxygens (including phenoxy) is 1. The molecule has 18 heavy (non-hydrogen) atoms. The lowest BCUT2D eigenvalue weighted by molar-refractivity contribution is -0.121. The van der Waals surface area contributed by atoms with Gasteiger partial charge in [-0.1, -0.05) is 0 Å². The van der Waals surface area contributed by atoms with Crippen molar-refractivity contribution in [3.05, 3.63) is 18.3 Å². The Kier molecular flexibility index (Phi) is 5.42. The summed E-state index contributed by atoms with van der Waals surface area (Å²) in [6.07, 6.45) is 1.71. The number of aromatic nitrogens is 1. The number of hydrogen-bond donors (Lipinski definition) is 2. The van der Waals surface area contributed by atoms with E-state index in [0.717, 1.165) is 5.69 Å². The van der Waals surface area contributed by atoms with Gasteiger partial charge in [0.2, 0.25) is 11.8 Å². The summed E-state index contributed by atoms with van der Waals surface area (Å²) in [5, 5.41) is 5.86. The van der Waals surface area contributed by atoms with E-state index in [0.29, 0.717) is 12.4 Å². The molecule has 0 spiro atoms. The normalized spacial score (nSPS) is 12.1. The molecule has 0 saturated heterocycles. The third-order valence-corrected chi connectivity index (χ3v) is 2.23. The molecule has 5 heteroatoms. The average Bonchev–Trinajstić information content (AvgIpc) is 2.31. The molecule has 1 amide bonds. The van der Waals surface area contributed by atoms with Crippen molar-refractivity contribution in [1.29, 1.82) is 0 Å². The number of likely N-dealkylation sites (N-methyl/N-ethyl adjacent to an activating group) is 1. The van der Waals surface area contributed by atoms with Crippen LogP contribution in [0.3, 0.4) is 0 Å². The minimum Gasteiger partial charge on any atom is -0.473 e. The van der Waals surface area contributed by atoms with Gasteiger partial charge >= 0.3 is 0 Å². The van der Waals surface area contributed by atoms with Crippen molar-refractivity contribution in [3.63, 3.8) is 0 Å². The molecule has 0 aliphatic rings. The Hall–Kier alpha value is -1.78. The highest BCUT2D eigenvalue weighted by atomic mass is 16.5. The summed E-state index contributed by atoms with van der Waals surface area (Å²) in [5.74, 6) is 0.473. The second-order valence-corrected chi connectivity index (χ2v) is 4.28. The van der Waals surface area contributed by atoms with Crippen molar-refractivity contribution in [2.24, 2.45) is 0 Å². The number of carbonyl (C=O) groups is 1. The molecule has 0 aliphatic carbocycles. The molecule has 0 saturated carbocycles. The van der Waals surface area contributed by atoms with E-state index >= 15 is 0 Å². The Balaban J connectivity index is 2.74. The lowest BCUT2D eigenvalue weighted by Gasteiger charge is -2.18. The molecular weight excluding hydrogens is 230 g/mol. The third kappa shape index (κ3) is 4.24. The number of pyridine rings is 1. The summed E-state index contributed by atoms with van der Waals surface area (Å²) in [6.45, 7) is 8.18. The van der Waals surface area contributed by atoms with E-state index in [1.54, 1.807) is 19.2 Å². The maximum Gasteiger partial charge on any atom is 0.242 e. The number of amides is 1. The lowest BCUT2D eigenvalue weighted by atomic mass is 10.3. The zero-order chi connectivity index (χ0) is 13.5. The third-order valence-electron chi connectivity index (χ3n) is 2.23. The highest BCUT2D eigenvalue weighted by Gasteiger charge is 2.14. The minimum atomic E-state index is -0.330. The second-order valence-electron chi connectivity index (χ2n) is 4.28. The molecule has 0 fully saturated rings. The summed E-state index contributed by atoms with van der Waals surface area (Å²) in [5.41, 5.74) is 0.727. The monoisotopic (exact) mass is 251 g/mol. The number of nitrogens with one attached hydrogen (secondary N) is 2. The zero-order valence-corrected chi connectivity index (χ0v) is 11.4. The van der Waals surface area contributed by atoms with Crippen LogP contribution in [0.1, 0.15) is 27.7 Å². The molecule has 1 aromatic rings. The summed E-state index contributed by atoms with van der Waals surface area (Å²) in [4.78, 5) is 15.8. The van der Waals surface area contributed by atoms with Gasteiger partial charge in [-0.25, -0.2) is 4.98 Å². The Morgan fingerprint density at radius 3 is 2.78 bits per heavy atom. The topological polar surface area (TPSA) is 63.2 Å². The first kappa shape index (κ1) is 14.3. The first-order chi connectivity index (χ1) is 8.54. The van der Waals surface area contributed by atoms with Gasteiger partial charge < -0.3 is 15.4 Å². The van der Waals surface area contributed by atoms with Crippen LogP contribution in [0.5, 0.6) is 5.88 Å². The van der Waals surface area contributed by atoms with Crippen molar-refractivity contribution >= 4 is 11.6 Å². The van der Waals surface area contributed by atoms with Gasteiger partial charge in [-0.2, -0.15) is 0 Å². The van der Waals surface area contributed by atoms with E-state index in [1.807, 2.05) is 26.8 Å². The highest BCUT2D eigenvalue weighted by molar-refractivity contribution is 5.84. The fourth-order valence-corrected chi connectivity index (χ4v) is 1.44. The summed E-state index contributed by atoms with van der Waals surface area (Å²) >= 11 is 0.